The van der Waals surface area contributed by atoms with Crippen LogP contribution in [0.3, 0.4) is 0 Å². The van der Waals surface area contributed by atoms with Gasteiger partial charge >= 0.3 is 5.97 Å². The van der Waals surface area contributed by atoms with Crippen LogP contribution in [0.25, 0.3) is 10.9 Å². The lowest BCUT2D eigenvalue weighted by atomic mass is 10.2. The molecule has 0 radical (unpaired) electrons. The summed E-state index contributed by atoms with van der Waals surface area (Å²) in [6.45, 7) is 0.369. The Bertz CT molecular complexity index is 565. The number of carboxylic acid groups (broad SMARTS) is 1. The molecule has 0 aliphatic rings. The summed E-state index contributed by atoms with van der Waals surface area (Å²) >= 11 is 3.41. The molecule has 1 heterocycles. The van der Waals surface area contributed by atoms with Gasteiger partial charge in [-0.2, -0.15) is 5.10 Å². The van der Waals surface area contributed by atoms with Gasteiger partial charge in [0.2, 0.25) is 0 Å². The zero-order valence-corrected chi connectivity index (χ0v) is 10.9. The number of anilines is 1. The predicted octanol–water partition coefficient (Wildman–Crippen LogP) is 2.22. The van der Waals surface area contributed by atoms with Gasteiger partial charge in [-0.1, -0.05) is 15.9 Å². The Kier molecular flexibility index (Phi) is 3.33. The highest BCUT2D eigenvalue weighted by Gasteiger charge is 2.08. The van der Waals surface area contributed by atoms with E-state index in [1.165, 1.54) is 0 Å². The summed E-state index contributed by atoms with van der Waals surface area (Å²) in [7, 11) is 1.86. The quantitative estimate of drug-likeness (QED) is 0.908. The molecule has 0 saturated carbocycles. The van der Waals surface area contributed by atoms with Crippen LogP contribution in [-0.2, 0) is 11.8 Å². The molecule has 0 aliphatic carbocycles. The molecule has 0 atom stereocenters. The maximum absolute atomic E-state index is 10.4. The third kappa shape index (κ3) is 2.58. The summed E-state index contributed by atoms with van der Waals surface area (Å²) in [6, 6.07) is 5.88. The van der Waals surface area contributed by atoms with Gasteiger partial charge in [0, 0.05) is 23.5 Å². The van der Waals surface area contributed by atoms with E-state index in [1.54, 1.807) is 4.68 Å². The lowest BCUT2D eigenvalue weighted by Gasteiger charge is -2.00. The van der Waals surface area contributed by atoms with Crippen molar-refractivity contribution in [2.24, 2.45) is 7.05 Å². The standard InChI is InChI=1S/C11H12BrN3O2/c1-15-9-3-2-7(12)6-8(9)11(14-15)13-5-4-10(16)17/h2-3,6H,4-5H2,1H3,(H,13,14)(H,16,17). The molecule has 0 bridgehead atoms. The van der Waals surface area contributed by atoms with E-state index in [2.05, 4.69) is 26.3 Å². The third-order valence-corrected chi connectivity index (χ3v) is 2.94. The van der Waals surface area contributed by atoms with Gasteiger partial charge < -0.3 is 10.4 Å². The van der Waals surface area contributed by atoms with Crippen molar-refractivity contribution < 1.29 is 9.90 Å². The Labute approximate surface area is 107 Å². The number of aryl methyl sites for hydroxylation is 1. The SMILES string of the molecule is Cn1nc(NCCC(=O)O)c2cc(Br)ccc21. The summed E-state index contributed by atoms with van der Waals surface area (Å²) < 4.78 is 2.74. The number of carbonyl (C=O) groups is 1. The highest BCUT2D eigenvalue weighted by molar-refractivity contribution is 9.10. The first-order valence-corrected chi connectivity index (χ1v) is 5.95. The van der Waals surface area contributed by atoms with Crippen LogP contribution in [0.4, 0.5) is 5.82 Å². The molecular weight excluding hydrogens is 286 g/mol. The number of fused-ring (bicyclic) bond motifs is 1. The number of aliphatic carboxylic acids is 1. The smallest absolute Gasteiger partial charge is 0.305 e. The van der Waals surface area contributed by atoms with Crippen molar-refractivity contribution in [2.75, 3.05) is 11.9 Å². The Morgan fingerprint density at radius 1 is 1.59 bits per heavy atom. The molecule has 5 nitrogen and oxygen atoms in total. The highest BCUT2D eigenvalue weighted by Crippen LogP contribution is 2.25. The molecule has 1 aromatic carbocycles. The van der Waals surface area contributed by atoms with Crippen molar-refractivity contribution in [1.29, 1.82) is 0 Å². The second-order valence-corrected chi connectivity index (χ2v) is 4.62. The second kappa shape index (κ2) is 4.75. The summed E-state index contributed by atoms with van der Waals surface area (Å²) in [5.41, 5.74) is 1.01. The zero-order chi connectivity index (χ0) is 12.4. The van der Waals surface area contributed by atoms with E-state index in [-0.39, 0.29) is 6.42 Å². The minimum absolute atomic E-state index is 0.0755. The molecule has 2 aromatic rings. The van der Waals surface area contributed by atoms with Crippen molar-refractivity contribution in [3.63, 3.8) is 0 Å². The minimum atomic E-state index is -0.820. The molecule has 0 amide bonds. The molecule has 0 fully saturated rings. The number of halogens is 1. The maximum Gasteiger partial charge on any atom is 0.305 e. The largest absolute Gasteiger partial charge is 0.481 e. The van der Waals surface area contributed by atoms with Crippen LogP contribution in [0.15, 0.2) is 22.7 Å². The van der Waals surface area contributed by atoms with E-state index in [9.17, 15) is 4.79 Å². The van der Waals surface area contributed by atoms with Gasteiger partial charge in [0.25, 0.3) is 0 Å². The topological polar surface area (TPSA) is 67.2 Å². The lowest BCUT2D eigenvalue weighted by Crippen LogP contribution is -2.08. The number of carboxylic acids is 1. The van der Waals surface area contributed by atoms with Crippen molar-refractivity contribution in [1.82, 2.24) is 9.78 Å². The first kappa shape index (κ1) is 11.9. The summed E-state index contributed by atoms with van der Waals surface area (Å²) in [5, 5.41) is 16.9. The fourth-order valence-electron chi connectivity index (χ4n) is 1.66. The lowest BCUT2D eigenvalue weighted by molar-refractivity contribution is -0.136. The number of nitrogens with zero attached hydrogens (tertiary/aromatic N) is 2. The number of hydrogen-bond acceptors (Lipinski definition) is 3. The van der Waals surface area contributed by atoms with E-state index in [4.69, 9.17) is 5.11 Å². The van der Waals surface area contributed by atoms with Crippen LogP contribution in [0.2, 0.25) is 0 Å². The zero-order valence-electron chi connectivity index (χ0n) is 9.27. The molecule has 0 saturated heterocycles. The van der Waals surface area contributed by atoms with E-state index in [0.717, 1.165) is 15.4 Å². The summed E-state index contributed by atoms with van der Waals surface area (Å²) in [5.74, 6) is -0.107. The molecule has 1 aromatic heterocycles. The van der Waals surface area contributed by atoms with Crippen LogP contribution in [0, 0.1) is 0 Å². The van der Waals surface area contributed by atoms with Crippen molar-refractivity contribution in [3.05, 3.63) is 22.7 Å². The number of nitrogens with one attached hydrogen (secondary N) is 1. The van der Waals surface area contributed by atoms with Gasteiger partial charge in [-0.15, -0.1) is 0 Å². The molecule has 2 rings (SSSR count). The van der Waals surface area contributed by atoms with Crippen LogP contribution >= 0.6 is 15.9 Å². The van der Waals surface area contributed by atoms with Gasteiger partial charge in [-0.3, -0.25) is 9.48 Å². The van der Waals surface area contributed by atoms with Gasteiger partial charge in [0.1, 0.15) is 0 Å². The molecule has 90 valence electrons. The Morgan fingerprint density at radius 3 is 3.06 bits per heavy atom. The van der Waals surface area contributed by atoms with Gasteiger partial charge in [-0.25, -0.2) is 0 Å². The maximum atomic E-state index is 10.4. The van der Waals surface area contributed by atoms with E-state index >= 15 is 0 Å². The molecule has 2 N–H and O–H groups in total. The highest BCUT2D eigenvalue weighted by atomic mass is 79.9. The van der Waals surface area contributed by atoms with Crippen molar-refractivity contribution in [3.8, 4) is 0 Å². The molecular formula is C11H12BrN3O2. The second-order valence-electron chi connectivity index (χ2n) is 3.70. The van der Waals surface area contributed by atoms with E-state index in [1.807, 2.05) is 25.2 Å². The van der Waals surface area contributed by atoms with Crippen molar-refractivity contribution in [2.45, 2.75) is 6.42 Å². The molecule has 0 aliphatic heterocycles. The number of benzene rings is 1. The van der Waals surface area contributed by atoms with Crippen LogP contribution in [-0.4, -0.2) is 27.4 Å². The molecule has 0 unspecified atom stereocenters. The van der Waals surface area contributed by atoms with Crippen LogP contribution in [0.5, 0.6) is 0 Å². The number of rotatable bonds is 4. The number of aromatic nitrogens is 2. The first-order chi connectivity index (χ1) is 8.08. The average Bonchev–Trinajstić information content (AvgIpc) is 2.55. The average molecular weight is 298 g/mol. The third-order valence-electron chi connectivity index (χ3n) is 2.44. The summed E-state index contributed by atoms with van der Waals surface area (Å²) in [6.07, 6.45) is 0.0755. The number of hydrogen-bond donors (Lipinski definition) is 2. The molecule has 6 heteroatoms. The Morgan fingerprint density at radius 2 is 2.35 bits per heavy atom. The van der Waals surface area contributed by atoms with Gasteiger partial charge in [0.05, 0.1) is 11.9 Å². The monoisotopic (exact) mass is 297 g/mol. The van der Waals surface area contributed by atoms with E-state index in [0.29, 0.717) is 12.4 Å². The Hall–Kier alpha value is -1.56. The van der Waals surface area contributed by atoms with Crippen LogP contribution < -0.4 is 5.32 Å². The molecule has 17 heavy (non-hydrogen) atoms. The Balaban J connectivity index is 2.27. The fourth-order valence-corrected chi connectivity index (χ4v) is 2.02. The fraction of sp³-hybridized carbons (Fsp3) is 0.273. The van der Waals surface area contributed by atoms with Crippen molar-refractivity contribution >= 4 is 38.6 Å². The van der Waals surface area contributed by atoms with E-state index < -0.39 is 5.97 Å². The van der Waals surface area contributed by atoms with Crippen LogP contribution in [0.1, 0.15) is 6.42 Å². The van der Waals surface area contributed by atoms with Gasteiger partial charge in [0.15, 0.2) is 5.82 Å². The minimum Gasteiger partial charge on any atom is -0.481 e. The molecule has 0 spiro atoms. The summed E-state index contributed by atoms with van der Waals surface area (Å²) in [4.78, 5) is 10.4. The van der Waals surface area contributed by atoms with Gasteiger partial charge in [-0.05, 0) is 18.2 Å². The predicted molar refractivity (Wildman–Crippen MR) is 69.2 cm³/mol. The first-order valence-electron chi connectivity index (χ1n) is 5.16. The normalized spacial score (nSPS) is 10.7.